The fourth-order valence-electron chi connectivity index (χ4n) is 1.47. The van der Waals surface area contributed by atoms with Gasteiger partial charge in [0.25, 0.3) is 0 Å². The third-order valence-corrected chi connectivity index (χ3v) is 4.29. The first-order chi connectivity index (χ1) is 8.24. The van der Waals surface area contributed by atoms with Crippen LogP contribution >= 0.6 is 23.1 Å². The quantitative estimate of drug-likeness (QED) is 0.836. The summed E-state index contributed by atoms with van der Waals surface area (Å²) in [7, 11) is 0. The number of thioether (sulfide) groups is 1. The molecule has 0 aliphatic heterocycles. The van der Waals surface area contributed by atoms with Crippen LogP contribution in [0.5, 0.6) is 0 Å². The van der Waals surface area contributed by atoms with Crippen molar-refractivity contribution in [3.8, 4) is 0 Å². The van der Waals surface area contributed by atoms with Gasteiger partial charge in [0.2, 0.25) is 0 Å². The zero-order valence-electron chi connectivity index (χ0n) is 9.17. The molecule has 1 nitrogen and oxygen atoms in total. The number of aliphatic hydroxyl groups is 1. The summed E-state index contributed by atoms with van der Waals surface area (Å²) in [6.45, 7) is 0. The van der Waals surface area contributed by atoms with Crippen molar-refractivity contribution in [2.45, 2.75) is 17.4 Å². The topological polar surface area (TPSA) is 20.2 Å². The van der Waals surface area contributed by atoms with Crippen molar-refractivity contribution in [1.29, 1.82) is 0 Å². The molecule has 0 radical (unpaired) electrons. The Labute approximate surface area is 108 Å². The molecular formula is C13H13FOS2. The highest BCUT2D eigenvalue weighted by atomic mass is 32.2. The first-order valence-electron chi connectivity index (χ1n) is 5.33. The Balaban J connectivity index is 1.82. The van der Waals surface area contributed by atoms with Crippen LogP contribution < -0.4 is 0 Å². The Morgan fingerprint density at radius 1 is 1.29 bits per heavy atom. The highest BCUT2D eigenvalue weighted by Gasteiger charge is 2.07. The Hall–Kier alpha value is -0.840. The number of benzene rings is 1. The van der Waals surface area contributed by atoms with E-state index in [0.717, 1.165) is 4.90 Å². The molecule has 1 aromatic carbocycles. The van der Waals surface area contributed by atoms with Gasteiger partial charge < -0.3 is 5.11 Å². The second-order valence-corrected chi connectivity index (χ2v) is 5.83. The highest BCUT2D eigenvalue weighted by Crippen LogP contribution is 2.21. The number of hydrogen-bond donors (Lipinski definition) is 1. The van der Waals surface area contributed by atoms with Crippen molar-refractivity contribution in [1.82, 2.24) is 0 Å². The van der Waals surface area contributed by atoms with E-state index >= 15 is 0 Å². The van der Waals surface area contributed by atoms with Crippen molar-refractivity contribution in [3.63, 3.8) is 0 Å². The molecule has 1 N–H and O–H groups in total. The van der Waals surface area contributed by atoms with Crippen molar-refractivity contribution < 1.29 is 9.50 Å². The van der Waals surface area contributed by atoms with E-state index in [1.54, 1.807) is 17.4 Å². The summed E-state index contributed by atoms with van der Waals surface area (Å²) in [5, 5.41) is 11.8. The van der Waals surface area contributed by atoms with Gasteiger partial charge in [0.1, 0.15) is 5.82 Å². The van der Waals surface area contributed by atoms with E-state index in [0.29, 0.717) is 12.2 Å². The van der Waals surface area contributed by atoms with E-state index in [2.05, 4.69) is 0 Å². The molecule has 17 heavy (non-hydrogen) atoms. The Kier molecular flexibility index (Phi) is 4.59. The lowest BCUT2D eigenvalue weighted by molar-refractivity contribution is 0.201. The normalized spacial score (nSPS) is 12.6. The molecule has 0 aliphatic rings. The highest BCUT2D eigenvalue weighted by molar-refractivity contribution is 7.99. The fraction of sp³-hybridized carbons (Fsp3) is 0.231. The van der Waals surface area contributed by atoms with Gasteiger partial charge in [0.05, 0.1) is 6.10 Å². The third-order valence-electron chi connectivity index (χ3n) is 2.26. The van der Waals surface area contributed by atoms with Gasteiger partial charge in [-0.2, -0.15) is 0 Å². The lowest BCUT2D eigenvalue weighted by atomic mass is 10.2. The van der Waals surface area contributed by atoms with Crippen LogP contribution in [-0.2, 0) is 6.42 Å². The number of aliphatic hydroxyl groups excluding tert-OH is 1. The third kappa shape index (κ3) is 4.15. The maximum Gasteiger partial charge on any atom is 0.124 e. The van der Waals surface area contributed by atoms with E-state index in [-0.39, 0.29) is 11.9 Å². The zero-order valence-corrected chi connectivity index (χ0v) is 10.8. The molecule has 0 aliphatic carbocycles. The smallest absolute Gasteiger partial charge is 0.124 e. The zero-order chi connectivity index (χ0) is 12.1. The molecule has 1 atom stereocenters. The van der Waals surface area contributed by atoms with Crippen LogP contribution in [0.15, 0.2) is 46.7 Å². The lowest BCUT2D eigenvalue weighted by Crippen LogP contribution is -2.12. The summed E-state index contributed by atoms with van der Waals surface area (Å²) in [5.41, 5.74) is 0. The second-order valence-electron chi connectivity index (χ2n) is 3.71. The number of hydrogen-bond acceptors (Lipinski definition) is 3. The minimum atomic E-state index is -0.387. The maximum absolute atomic E-state index is 12.9. The minimum Gasteiger partial charge on any atom is -0.392 e. The molecule has 1 unspecified atom stereocenters. The molecule has 2 aromatic rings. The van der Waals surface area contributed by atoms with Gasteiger partial charge in [-0.15, -0.1) is 23.1 Å². The number of rotatable bonds is 5. The van der Waals surface area contributed by atoms with Crippen LogP contribution in [0.3, 0.4) is 0 Å². The number of thiophene rings is 1. The van der Waals surface area contributed by atoms with Crippen molar-refractivity contribution in [2.24, 2.45) is 0 Å². The van der Waals surface area contributed by atoms with Gasteiger partial charge in [0.15, 0.2) is 0 Å². The standard InChI is InChI=1S/C13H13FOS2/c14-10-3-1-4-12(7-10)17-9-11(15)8-13-5-2-6-16-13/h1-7,11,15H,8-9H2. The molecule has 4 heteroatoms. The van der Waals surface area contributed by atoms with E-state index in [1.807, 2.05) is 23.6 Å². The SMILES string of the molecule is OC(CSc1cccc(F)c1)Cc1cccs1. The molecule has 1 aromatic heterocycles. The molecule has 0 amide bonds. The Bertz CT molecular complexity index is 456. The summed E-state index contributed by atoms with van der Waals surface area (Å²) in [4.78, 5) is 2.03. The molecule has 0 fully saturated rings. The molecule has 0 bridgehead atoms. The summed E-state index contributed by atoms with van der Waals surface area (Å²) in [6.07, 6.45) is 0.280. The van der Waals surface area contributed by atoms with Gasteiger partial charge >= 0.3 is 0 Å². The van der Waals surface area contributed by atoms with Crippen molar-refractivity contribution in [3.05, 3.63) is 52.5 Å². The summed E-state index contributed by atoms with van der Waals surface area (Å²) < 4.78 is 12.9. The minimum absolute atomic E-state index is 0.234. The van der Waals surface area contributed by atoms with Crippen LogP contribution in [0.4, 0.5) is 4.39 Å². The van der Waals surface area contributed by atoms with Crippen LogP contribution in [0, 0.1) is 5.82 Å². The van der Waals surface area contributed by atoms with E-state index in [4.69, 9.17) is 0 Å². The van der Waals surface area contributed by atoms with E-state index < -0.39 is 0 Å². The van der Waals surface area contributed by atoms with Gasteiger partial charge in [0, 0.05) is 21.9 Å². The lowest BCUT2D eigenvalue weighted by Gasteiger charge is -2.08. The van der Waals surface area contributed by atoms with Gasteiger partial charge in [-0.25, -0.2) is 4.39 Å². The van der Waals surface area contributed by atoms with Crippen LogP contribution in [0.2, 0.25) is 0 Å². The molecule has 1 heterocycles. The molecule has 2 rings (SSSR count). The molecule has 0 saturated carbocycles. The maximum atomic E-state index is 12.9. The predicted molar refractivity (Wildman–Crippen MR) is 71.2 cm³/mol. The molecular weight excluding hydrogens is 255 g/mol. The van der Waals surface area contributed by atoms with Gasteiger partial charge in [-0.1, -0.05) is 12.1 Å². The molecule has 0 spiro atoms. The van der Waals surface area contributed by atoms with E-state index in [1.165, 1.54) is 28.8 Å². The van der Waals surface area contributed by atoms with Crippen LogP contribution in [0.25, 0.3) is 0 Å². The largest absolute Gasteiger partial charge is 0.392 e. The summed E-state index contributed by atoms with van der Waals surface area (Å²) in [5.74, 6) is 0.351. The Morgan fingerprint density at radius 2 is 2.18 bits per heavy atom. The monoisotopic (exact) mass is 268 g/mol. The van der Waals surface area contributed by atoms with Crippen LogP contribution in [0.1, 0.15) is 4.88 Å². The van der Waals surface area contributed by atoms with Gasteiger partial charge in [-0.05, 0) is 29.6 Å². The van der Waals surface area contributed by atoms with Crippen molar-refractivity contribution in [2.75, 3.05) is 5.75 Å². The first-order valence-corrected chi connectivity index (χ1v) is 7.19. The van der Waals surface area contributed by atoms with Crippen molar-refractivity contribution >= 4 is 23.1 Å². The summed E-state index contributed by atoms with van der Waals surface area (Å²) >= 11 is 3.13. The Morgan fingerprint density at radius 3 is 2.88 bits per heavy atom. The van der Waals surface area contributed by atoms with E-state index in [9.17, 15) is 9.50 Å². The second kappa shape index (κ2) is 6.19. The average molecular weight is 268 g/mol. The molecule has 0 saturated heterocycles. The fourth-order valence-corrected chi connectivity index (χ4v) is 3.12. The van der Waals surface area contributed by atoms with Gasteiger partial charge in [-0.3, -0.25) is 0 Å². The average Bonchev–Trinajstić information content (AvgIpc) is 2.79. The number of halogens is 1. The first kappa shape index (κ1) is 12.6. The van der Waals surface area contributed by atoms with Crippen LogP contribution in [-0.4, -0.2) is 17.0 Å². The summed E-state index contributed by atoms with van der Waals surface area (Å²) in [6, 6.07) is 10.4. The predicted octanol–water partition coefficient (Wildman–Crippen LogP) is 3.58. The molecule has 90 valence electrons.